The average molecular weight is 469 g/mol. The Labute approximate surface area is 202 Å². The number of carbonyl (C=O) groups is 2. The van der Waals surface area contributed by atoms with Crippen LogP contribution in [0.1, 0.15) is 23.2 Å². The normalized spacial score (nSPS) is 13.1. The fraction of sp³-hybridized carbons (Fsp3) is 0.192. The van der Waals surface area contributed by atoms with Gasteiger partial charge in [0.15, 0.2) is 12.4 Å². The lowest BCUT2D eigenvalue weighted by Gasteiger charge is -2.16. The zero-order valence-electron chi connectivity index (χ0n) is 19.0. The van der Waals surface area contributed by atoms with Crippen molar-refractivity contribution in [3.05, 3.63) is 72.6 Å². The van der Waals surface area contributed by atoms with E-state index in [1.807, 2.05) is 23.1 Å². The number of primary amides is 1. The number of likely N-dealkylation sites (tertiary alicyclic amines) is 1. The van der Waals surface area contributed by atoms with Gasteiger partial charge in [-0.25, -0.2) is 9.97 Å². The number of carbonyl (C=O) groups excluding carboxylic acids is 2. The standard InChI is InChI=1S/C26H24N6O3/c27-24(34)19-7-1-2-8-21(19)30-26-20-14-18(35-16-23(33)32-12-3-4-13-32)9-10-22(20)29-25(31-26)17-6-5-11-28-15-17/h1-2,5-11,14-15H,3-4,12-13,16H2,(H2,27,34)(H,29,30,31). The summed E-state index contributed by atoms with van der Waals surface area (Å²) in [4.78, 5) is 39.8. The summed E-state index contributed by atoms with van der Waals surface area (Å²) >= 11 is 0. The van der Waals surface area contributed by atoms with Crippen LogP contribution >= 0.6 is 0 Å². The summed E-state index contributed by atoms with van der Waals surface area (Å²) in [6.45, 7) is 1.52. The molecule has 3 heterocycles. The van der Waals surface area contributed by atoms with Gasteiger partial charge in [-0.2, -0.15) is 0 Å². The number of pyridine rings is 1. The molecule has 1 aliphatic heterocycles. The zero-order chi connectivity index (χ0) is 24.2. The molecule has 176 valence electrons. The second-order valence-corrected chi connectivity index (χ2v) is 8.23. The third kappa shape index (κ3) is 4.89. The summed E-state index contributed by atoms with van der Waals surface area (Å²) in [7, 11) is 0. The Morgan fingerprint density at radius 1 is 1.03 bits per heavy atom. The number of anilines is 2. The van der Waals surface area contributed by atoms with E-state index in [4.69, 9.17) is 20.4 Å². The fourth-order valence-corrected chi connectivity index (χ4v) is 4.05. The maximum absolute atomic E-state index is 12.4. The predicted molar refractivity (Wildman–Crippen MR) is 132 cm³/mol. The number of nitrogens with one attached hydrogen (secondary N) is 1. The van der Waals surface area contributed by atoms with Gasteiger partial charge in [0.25, 0.3) is 11.8 Å². The van der Waals surface area contributed by atoms with Crippen LogP contribution < -0.4 is 15.8 Å². The second-order valence-electron chi connectivity index (χ2n) is 8.23. The van der Waals surface area contributed by atoms with E-state index in [0.717, 1.165) is 31.5 Å². The van der Waals surface area contributed by atoms with Crippen molar-refractivity contribution in [1.29, 1.82) is 0 Å². The summed E-state index contributed by atoms with van der Waals surface area (Å²) in [5, 5.41) is 3.91. The number of hydrogen-bond donors (Lipinski definition) is 2. The van der Waals surface area contributed by atoms with Crippen LogP contribution in [0.15, 0.2) is 67.0 Å². The van der Waals surface area contributed by atoms with Gasteiger partial charge in [0, 0.05) is 36.4 Å². The molecule has 0 spiro atoms. The molecule has 1 aliphatic rings. The highest BCUT2D eigenvalue weighted by Gasteiger charge is 2.19. The molecular weight excluding hydrogens is 444 g/mol. The Morgan fingerprint density at radius 3 is 2.63 bits per heavy atom. The molecule has 0 saturated carbocycles. The van der Waals surface area contributed by atoms with Gasteiger partial charge < -0.3 is 20.7 Å². The lowest BCUT2D eigenvalue weighted by atomic mass is 10.1. The molecule has 1 fully saturated rings. The number of ether oxygens (including phenoxy) is 1. The van der Waals surface area contributed by atoms with Gasteiger partial charge in [0.2, 0.25) is 0 Å². The first-order valence-electron chi connectivity index (χ1n) is 11.4. The highest BCUT2D eigenvalue weighted by atomic mass is 16.5. The third-order valence-electron chi connectivity index (χ3n) is 5.85. The number of rotatable bonds is 7. The first kappa shape index (κ1) is 22.3. The van der Waals surface area contributed by atoms with Crippen molar-refractivity contribution < 1.29 is 14.3 Å². The third-order valence-corrected chi connectivity index (χ3v) is 5.85. The Bertz CT molecular complexity index is 1390. The highest BCUT2D eigenvalue weighted by Crippen LogP contribution is 2.31. The first-order chi connectivity index (χ1) is 17.1. The number of amides is 2. The minimum Gasteiger partial charge on any atom is -0.484 e. The summed E-state index contributed by atoms with van der Waals surface area (Å²) in [5.74, 6) is 0.887. The molecule has 1 saturated heterocycles. The SMILES string of the molecule is NC(=O)c1ccccc1Nc1nc(-c2cccnc2)nc2ccc(OCC(=O)N3CCCC3)cc12. The van der Waals surface area contributed by atoms with Crippen LogP contribution in [0.25, 0.3) is 22.3 Å². The monoisotopic (exact) mass is 468 g/mol. The van der Waals surface area contributed by atoms with E-state index < -0.39 is 5.91 Å². The van der Waals surface area contributed by atoms with Crippen molar-refractivity contribution in [2.24, 2.45) is 5.73 Å². The van der Waals surface area contributed by atoms with Crippen molar-refractivity contribution in [3.63, 3.8) is 0 Å². The van der Waals surface area contributed by atoms with Gasteiger partial charge in [-0.15, -0.1) is 0 Å². The van der Waals surface area contributed by atoms with E-state index in [2.05, 4.69) is 10.3 Å². The van der Waals surface area contributed by atoms with Crippen LogP contribution in [0.2, 0.25) is 0 Å². The van der Waals surface area contributed by atoms with Crippen LogP contribution in [0.5, 0.6) is 5.75 Å². The van der Waals surface area contributed by atoms with Gasteiger partial charge in [-0.3, -0.25) is 14.6 Å². The van der Waals surface area contributed by atoms with Crippen LogP contribution in [0.4, 0.5) is 11.5 Å². The largest absolute Gasteiger partial charge is 0.484 e. The highest BCUT2D eigenvalue weighted by molar-refractivity contribution is 6.01. The van der Waals surface area contributed by atoms with Crippen molar-refractivity contribution >= 4 is 34.2 Å². The Kier molecular flexibility index (Phi) is 6.21. The van der Waals surface area contributed by atoms with Crippen molar-refractivity contribution in [3.8, 4) is 17.1 Å². The molecule has 9 heteroatoms. The van der Waals surface area contributed by atoms with E-state index >= 15 is 0 Å². The molecule has 3 N–H and O–H groups in total. The van der Waals surface area contributed by atoms with E-state index in [-0.39, 0.29) is 12.5 Å². The first-order valence-corrected chi connectivity index (χ1v) is 11.4. The van der Waals surface area contributed by atoms with Crippen molar-refractivity contribution in [1.82, 2.24) is 19.9 Å². The number of para-hydroxylation sites is 1. The van der Waals surface area contributed by atoms with E-state index in [9.17, 15) is 9.59 Å². The molecule has 5 rings (SSSR count). The van der Waals surface area contributed by atoms with E-state index in [0.29, 0.717) is 39.5 Å². The maximum Gasteiger partial charge on any atom is 0.260 e. The lowest BCUT2D eigenvalue weighted by molar-refractivity contribution is -0.132. The summed E-state index contributed by atoms with van der Waals surface area (Å²) < 4.78 is 5.81. The fourth-order valence-electron chi connectivity index (χ4n) is 4.05. The molecule has 2 aromatic heterocycles. The number of nitrogens with two attached hydrogens (primary N) is 1. The van der Waals surface area contributed by atoms with Crippen molar-refractivity contribution in [2.75, 3.05) is 25.0 Å². The van der Waals surface area contributed by atoms with E-state index in [1.165, 1.54) is 0 Å². The van der Waals surface area contributed by atoms with Gasteiger partial charge >= 0.3 is 0 Å². The molecular formula is C26H24N6O3. The minimum absolute atomic E-state index is 0.0282. The smallest absolute Gasteiger partial charge is 0.260 e. The average Bonchev–Trinajstić information content (AvgIpc) is 3.43. The second kappa shape index (κ2) is 9.76. The predicted octanol–water partition coefficient (Wildman–Crippen LogP) is 3.54. The summed E-state index contributed by atoms with van der Waals surface area (Å²) in [6, 6.07) is 16.0. The molecule has 0 unspecified atom stereocenters. The Morgan fingerprint density at radius 2 is 1.86 bits per heavy atom. The molecule has 0 radical (unpaired) electrons. The van der Waals surface area contributed by atoms with Gasteiger partial charge in [-0.05, 0) is 55.3 Å². The maximum atomic E-state index is 12.4. The number of hydrogen-bond acceptors (Lipinski definition) is 7. The quantitative estimate of drug-likeness (QED) is 0.425. The zero-order valence-corrected chi connectivity index (χ0v) is 19.0. The molecule has 35 heavy (non-hydrogen) atoms. The minimum atomic E-state index is -0.552. The topological polar surface area (TPSA) is 123 Å². The van der Waals surface area contributed by atoms with Crippen molar-refractivity contribution in [2.45, 2.75) is 12.8 Å². The molecule has 4 aromatic rings. The molecule has 9 nitrogen and oxygen atoms in total. The molecule has 2 amide bonds. The van der Waals surface area contributed by atoms with Crippen LogP contribution in [0.3, 0.4) is 0 Å². The van der Waals surface area contributed by atoms with Gasteiger partial charge in [0.05, 0.1) is 16.8 Å². The van der Waals surface area contributed by atoms with E-state index in [1.54, 1.807) is 48.8 Å². The summed E-state index contributed by atoms with van der Waals surface area (Å²) in [5.41, 5.74) is 7.84. The van der Waals surface area contributed by atoms with Crippen LogP contribution in [-0.4, -0.2) is 51.4 Å². The van der Waals surface area contributed by atoms with Gasteiger partial charge in [0.1, 0.15) is 11.6 Å². The number of benzene rings is 2. The van der Waals surface area contributed by atoms with Crippen LogP contribution in [0, 0.1) is 0 Å². The molecule has 0 atom stereocenters. The van der Waals surface area contributed by atoms with Gasteiger partial charge in [-0.1, -0.05) is 12.1 Å². The number of nitrogens with zero attached hydrogens (tertiary/aromatic N) is 4. The Hall–Kier alpha value is -4.53. The summed E-state index contributed by atoms with van der Waals surface area (Å²) in [6.07, 6.45) is 5.42. The molecule has 0 bridgehead atoms. The lowest BCUT2D eigenvalue weighted by Crippen LogP contribution is -2.32. The molecule has 2 aromatic carbocycles. The number of aromatic nitrogens is 3. The Balaban J connectivity index is 1.52. The van der Waals surface area contributed by atoms with Crippen LogP contribution in [-0.2, 0) is 4.79 Å². The molecule has 0 aliphatic carbocycles. The number of fused-ring (bicyclic) bond motifs is 1.